The molecule has 8 aromatic carbocycles. The Morgan fingerprint density at radius 3 is 1.70 bits per heavy atom. The standard InChI is InChI=1S/C52H37NO/c1-51(2)42-20-9-11-22-44(42)52(45-23-12-10-21-43(45)51)41-19-8-6-18-40(41)50-46(52)24-14-25-47(50)53(36-29-27-35(28-30-36)34-15-4-3-5-16-34)37-31-32-39-38-17-7-13-26-48(38)54-49(39)33-37/h3-33H,1-2H3. The fourth-order valence-corrected chi connectivity index (χ4v) is 9.79. The Morgan fingerprint density at radius 2 is 0.963 bits per heavy atom. The minimum Gasteiger partial charge on any atom is -0.456 e. The van der Waals surface area contributed by atoms with E-state index in [2.05, 4.69) is 201 Å². The van der Waals surface area contributed by atoms with Crippen LogP contribution in [0.5, 0.6) is 0 Å². The van der Waals surface area contributed by atoms with E-state index in [1.165, 1.54) is 55.6 Å². The lowest BCUT2D eigenvalue weighted by Gasteiger charge is -2.46. The number of hydrogen-bond donors (Lipinski definition) is 0. The highest BCUT2D eigenvalue weighted by Crippen LogP contribution is 2.64. The molecule has 0 aliphatic heterocycles. The maximum Gasteiger partial charge on any atom is 0.137 e. The largest absolute Gasteiger partial charge is 0.456 e. The predicted molar refractivity (Wildman–Crippen MR) is 223 cm³/mol. The first-order valence-corrected chi connectivity index (χ1v) is 18.9. The lowest BCUT2D eigenvalue weighted by Crippen LogP contribution is -2.40. The van der Waals surface area contributed by atoms with Gasteiger partial charge in [-0.1, -0.05) is 159 Å². The summed E-state index contributed by atoms with van der Waals surface area (Å²) < 4.78 is 6.50. The minimum absolute atomic E-state index is 0.151. The van der Waals surface area contributed by atoms with Crippen LogP contribution in [-0.2, 0) is 10.8 Å². The highest BCUT2D eigenvalue weighted by atomic mass is 16.3. The van der Waals surface area contributed by atoms with E-state index in [4.69, 9.17) is 4.42 Å². The zero-order valence-electron chi connectivity index (χ0n) is 30.3. The Morgan fingerprint density at radius 1 is 0.407 bits per heavy atom. The highest BCUT2D eigenvalue weighted by Gasteiger charge is 2.53. The molecular formula is C52H37NO. The molecule has 0 radical (unpaired) electrons. The Balaban J connectivity index is 1.21. The molecule has 2 heteroatoms. The van der Waals surface area contributed by atoms with E-state index in [1.54, 1.807) is 0 Å². The summed E-state index contributed by atoms with van der Waals surface area (Å²) in [4.78, 5) is 2.43. The molecule has 0 saturated carbocycles. The van der Waals surface area contributed by atoms with Crippen LogP contribution < -0.4 is 4.90 Å². The second-order valence-corrected chi connectivity index (χ2v) is 15.2. The van der Waals surface area contributed by atoms with Gasteiger partial charge in [-0.05, 0) is 86.5 Å². The van der Waals surface area contributed by atoms with Crippen LogP contribution in [0.25, 0.3) is 44.2 Å². The van der Waals surface area contributed by atoms with E-state index in [-0.39, 0.29) is 5.41 Å². The monoisotopic (exact) mass is 691 g/mol. The van der Waals surface area contributed by atoms with Crippen molar-refractivity contribution in [3.63, 3.8) is 0 Å². The van der Waals surface area contributed by atoms with Crippen LogP contribution in [-0.4, -0.2) is 0 Å². The lowest BCUT2D eigenvalue weighted by atomic mass is 9.55. The van der Waals surface area contributed by atoms with Crippen LogP contribution in [0.3, 0.4) is 0 Å². The van der Waals surface area contributed by atoms with Crippen LogP contribution >= 0.6 is 0 Å². The molecule has 0 fully saturated rings. The number of furan rings is 1. The number of hydrogen-bond acceptors (Lipinski definition) is 2. The molecule has 0 unspecified atom stereocenters. The topological polar surface area (TPSA) is 16.4 Å². The van der Waals surface area contributed by atoms with Gasteiger partial charge in [-0.15, -0.1) is 0 Å². The second kappa shape index (κ2) is 11.4. The van der Waals surface area contributed by atoms with Gasteiger partial charge < -0.3 is 9.32 Å². The number of para-hydroxylation sites is 1. The van der Waals surface area contributed by atoms with E-state index in [0.29, 0.717) is 0 Å². The first-order chi connectivity index (χ1) is 26.5. The van der Waals surface area contributed by atoms with Gasteiger partial charge in [0, 0.05) is 39.2 Å². The summed E-state index contributed by atoms with van der Waals surface area (Å²) in [6.07, 6.45) is 0. The molecule has 2 aliphatic carbocycles. The van der Waals surface area contributed by atoms with Gasteiger partial charge in [-0.2, -0.15) is 0 Å². The minimum atomic E-state index is -0.476. The molecule has 9 aromatic rings. The Bertz CT molecular complexity index is 2860. The van der Waals surface area contributed by atoms with E-state index in [1.807, 2.05) is 6.07 Å². The number of fused-ring (bicyclic) bond motifs is 12. The molecule has 1 heterocycles. The van der Waals surface area contributed by atoms with Crippen molar-refractivity contribution >= 4 is 39.0 Å². The maximum atomic E-state index is 6.50. The van der Waals surface area contributed by atoms with Crippen LogP contribution in [0, 0.1) is 0 Å². The van der Waals surface area contributed by atoms with Crippen molar-refractivity contribution in [3.8, 4) is 22.3 Å². The van der Waals surface area contributed by atoms with Crippen molar-refractivity contribution in [2.45, 2.75) is 24.7 Å². The van der Waals surface area contributed by atoms with Crippen molar-refractivity contribution in [1.82, 2.24) is 0 Å². The molecular weight excluding hydrogens is 655 g/mol. The number of benzene rings is 8. The quantitative estimate of drug-likeness (QED) is 0.183. The molecule has 2 nitrogen and oxygen atoms in total. The third-order valence-electron chi connectivity index (χ3n) is 12.1. The van der Waals surface area contributed by atoms with E-state index < -0.39 is 5.41 Å². The smallest absolute Gasteiger partial charge is 0.137 e. The van der Waals surface area contributed by atoms with Crippen molar-refractivity contribution in [3.05, 3.63) is 221 Å². The zero-order valence-corrected chi connectivity index (χ0v) is 30.3. The van der Waals surface area contributed by atoms with Gasteiger partial charge >= 0.3 is 0 Å². The average molecular weight is 692 g/mol. The van der Waals surface area contributed by atoms with Gasteiger partial charge in [-0.25, -0.2) is 0 Å². The Hall–Kier alpha value is -6.64. The number of nitrogens with zero attached hydrogens (tertiary/aromatic N) is 1. The summed E-state index contributed by atoms with van der Waals surface area (Å²) in [5, 5.41) is 2.25. The Kier molecular flexibility index (Phi) is 6.55. The predicted octanol–water partition coefficient (Wildman–Crippen LogP) is 13.7. The van der Waals surface area contributed by atoms with Crippen molar-refractivity contribution in [2.24, 2.45) is 0 Å². The molecule has 256 valence electrons. The van der Waals surface area contributed by atoms with Crippen LogP contribution in [0.2, 0.25) is 0 Å². The third kappa shape index (κ3) is 4.17. The molecule has 2 aliphatic rings. The zero-order chi connectivity index (χ0) is 36.0. The lowest BCUT2D eigenvalue weighted by molar-refractivity contribution is 0.563. The van der Waals surface area contributed by atoms with Gasteiger partial charge in [0.25, 0.3) is 0 Å². The van der Waals surface area contributed by atoms with Gasteiger partial charge in [0.2, 0.25) is 0 Å². The number of anilines is 3. The van der Waals surface area contributed by atoms with E-state index in [0.717, 1.165) is 39.0 Å². The van der Waals surface area contributed by atoms with Crippen LogP contribution in [0.15, 0.2) is 192 Å². The third-order valence-corrected chi connectivity index (χ3v) is 12.1. The van der Waals surface area contributed by atoms with Crippen molar-refractivity contribution in [1.29, 1.82) is 0 Å². The van der Waals surface area contributed by atoms with Crippen molar-refractivity contribution < 1.29 is 4.42 Å². The summed E-state index contributed by atoms with van der Waals surface area (Å²) in [6, 6.07) is 68.9. The van der Waals surface area contributed by atoms with Crippen LogP contribution in [0.1, 0.15) is 47.2 Å². The molecule has 0 N–H and O–H groups in total. The summed E-state index contributed by atoms with van der Waals surface area (Å²) in [6.45, 7) is 4.76. The molecule has 0 bridgehead atoms. The van der Waals surface area contributed by atoms with Gasteiger partial charge in [0.1, 0.15) is 11.2 Å². The fraction of sp³-hybridized carbons (Fsp3) is 0.0769. The van der Waals surface area contributed by atoms with Gasteiger partial charge in [0.15, 0.2) is 0 Å². The molecule has 1 aromatic heterocycles. The molecule has 11 rings (SSSR count). The highest BCUT2D eigenvalue weighted by molar-refractivity contribution is 6.07. The SMILES string of the molecule is CC1(C)c2ccccc2C2(c3ccccc3-c3c(N(c4ccc(-c5ccccc5)cc4)c4ccc5c(c4)oc4ccccc45)cccc32)c2ccccc21. The Labute approximate surface area is 315 Å². The summed E-state index contributed by atoms with van der Waals surface area (Å²) in [5.74, 6) is 0. The van der Waals surface area contributed by atoms with Crippen LogP contribution in [0.4, 0.5) is 17.1 Å². The van der Waals surface area contributed by atoms with Crippen molar-refractivity contribution in [2.75, 3.05) is 4.90 Å². The summed E-state index contributed by atoms with van der Waals surface area (Å²) in [5.41, 5.74) is 17.5. The first-order valence-electron chi connectivity index (χ1n) is 18.9. The van der Waals surface area contributed by atoms with E-state index in [9.17, 15) is 0 Å². The van der Waals surface area contributed by atoms with Gasteiger partial charge in [-0.3, -0.25) is 0 Å². The first kappa shape index (κ1) is 30.9. The molecule has 1 spiro atoms. The van der Waals surface area contributed by atoms with Gasteiger partial charge in [0.05, 0.1) is 11.1 Å². The molecule has 0 atom stereocenters. The second-order valence-electron chi connectivity index (χ2n) is 15.2. The number of rotatable bonds is 4. The molecule has 0 amide bonds. The molecule has 54 heavy (non-hydrogen) atoms. The van der Waals surface area contributed by atoms with E-state index >= 15 is 0 Å². The summed E-state index contributed by atoms with van der Waals surface area (Å²) >= 11 is 0. The molecule has 0 saturated heterocycles. The maximum absolute atomic E-state index is 6.50. The normalized spacial score (nSPS) is 14.4. The average Bonchev–Trinajstić information content (AvgIpc) is 3.75. The fourth-order valence-electron chi connectivity index (χ4n) is 9.79. The summed E-state index contributed by atoms with van der Waals surface area (Å²) in [7, 11) is 0.